The zero-order chi connectivity index (χ0) is 62.6. The number of hydrazone groups is 2. The highest BCUT2D eigenvalue weighted by Crippen LogP contribution is 2.41. The van der Waals surface area contributed by atoms with Gasteiger partial charge in [0, 0.05) is 94.8 Å². The molecular formula is C60H65BrClF2N5O15. The molecule has 20 nitrogen and oxygen atoms in total. The predicted molar refractivity (Wildman–Crippen MR) is 307 cm³/mol. The van der Waals surface area contributed by atoms with Crippen LogP contribution in [0.5, 0.6) is 0 Å². The van der Waals surface area contributed by atoms with E-state index in [4.69, 9.17) is 54.1 Å². The molecule has 0 aliphatic carbocycles. The maximum absolute atomic E-state index is 14.7. The molecule has 84 heavy (non-hydrogen) atoms. The lowest BCUT2D eigenvalue weighted by atomic mass is 9.88. The summed E-state index contributed by atoms with van der Waals surface area (Å²) in [5.74, 6) is -8.73. The number of nitro groups is 1. The second-order valence-corrected chi connectivity index (χ2v) is 20.0. The van der Waals surface area contributed by atoms with Gasteiger partial charge in [-0.15, -0.1) is 0 Å². The summed E-state index contributed by atoms with van der Waals surface area (Å²) in [6, 6.07) is 25.4. The number of non-ortho nitro benzene ring substituents is 1. The monoisotopic (exact) mass is 1250 g/mol. The number of nitrogens with one attached hydrogen (secondary N) is 2. The summed E-state index contributed by atoms with van der Waals surface area (Å²) in [6.07, 6.45) is 12.5. The van der Waals surface area contributed by atoms with Crippen LogP contribution in [-0.2, 0) is 57.3 Å². The molecule has 448 valence electrons. The van der Waals surface area contributed by atoms with Crippen LogP contribution in [0.25, 0.3) is 0 Å². The Labute approximate surface area is 497 Å². The highest BCUT2D eigenvalue weighted by Gasteiger charge is 2.47. The highest BCUT2D eigenvalue weighted by molar-refractivity contribution is 9.10. The molecule has 6 atom stereocenters. The molecule has 24 heteroatoms. The number of esters is 2. The number of hydrogen-bond donors (Lipinski definition) is 2. The van der Waals surface area contributed by atoms with Crippen molar-refractivity contribution in [2.75, 3.05) is 13.2 Å². The molecular weight excluding hydrogens is 1180 g/mol. The van der Waals surface area contributed by atoms with Gasteiger partial charge in [-0.3, -0.25) is 30.6 Å². The summed E-state index contributed by atoms with van der Waals surface area (Å²) < 4.78 is 54.9. The standard InChI is InChI=1S/C16H16BrFO4.C14H17ClN2.C14H15FO5.C14H17N3O2.2CO2/c1-3-21-15(20)14-8-12(9-16(18,22-14)10(2)19)11-4-6-13(17)7-5-11;1-3-14-9-12(8-10(2)16-17-14)11-4-6-13(15)7-5-11;1-3-18-13(17)12-7-10(11-5-4-6-19-11)8-14(15,20-12)9(2)16;1-3-13-9-12(8-10(2)15-16-13)11-4-6-14(7-5-11)17(18)19;2*2-1-3/h4-8,12H,3,9H2,1-2H3;4-7,9,12,17H,3,8H2,1-2H3;4-7,10H,3,8H2,1-2H3;4-7,9,12,16H,3,8H2,1-2H3;;. The number of carbonyl (C=O) groups excluding carboxylic acids is 8. The van der Waals surface area contributed by atoms with E-state index in [1.165, 1.54) is 29.7 Å². The van der Waals surface area contributed by atoms with E-state index in [0.29, 0.717) is 11.7 Å². The van der Waals surface area contributed by atoms with Crippen LogP contribution < -0.4 is 10.9 Å². The number of rotatable bonds is 13. The fourth-order valence-corrected chi connectivity index (χ4v) is 8.72. The van der Waals surface area contributed by atoms with Crippen LogP contribution in [0.2, 0.25) is 5.02 Å². The number of alkyl halides is 2. The molecule has 0 bridgehead atoms. The molecule has 4 aliphatic heterocycles. The van der Waals surface area contributed by atoms with Gasteiger partial charge in [0.15, 0.2) is 0 Å². The zero-order valence-corrected chi connectivity index (χ0v) is 49.8. The van der Waals surface area contributed by atoms with Crippen LogP contribution in [0, 0.1) is 10.1 Å². The van der Waals surface area contributed by atoms with Crippen molar-refractivity contribution in [2.45, 2.75) is 129 Å². The van der Waals surface area contributed by atoms with Crippen LogP contribution in [0.1, 0.15) is 140 Å². The second kappa shape index (κ2) is 34.8. The fraction of sp³-hybridized carbons (Fsp3) is 0.367. The number of ether oxygens (including phenoxy) is 4. The Morgan fingerprint density at radius 3 is 1.44 bits per heavy atom. The lowest BCUT2D eigenvalue weighted by Crippen LogP contribution is -2.40. The van der Waals surface area contributed by atoms with E-state index in [2.05, 4.69) is 82.0 Å². The first-order chi connectivity index (χ1) is 39.9. The van der Waals surface area contributed by atoms with Crippen LogP contribution in [0.4, 0.5) is 14.5 Å². The van der Waals surface area contributed by atoms with E-state index >= 15 is 0 Å². The average Bonchev–Trinajstić information content (AvgIpc) is 3.98. The lowest BCUT2D eigenvalue weighted by molar-refractivity contribution is -0.384. The van der Waals surface area contributed by atoms with Gasteiger partial charge in [-0.25, -0.2) is 9.59 Å². The zero-order valence-electron chi connectivity index (χ0n) is 47.4. The van der Waals surface area contributed by atoms with Crippen LogP contribution in [0.3, 0.4) is 0 Å². The topological polar surface area (TPSA) is 279 Å². The Morgan fingerprint density at radius 2 is 1.06 bits per heavy atom. The molecule has 0 radical (unpaired) electrons. The second-order valence-electron chi connectivity index (χ2n) is 18.7. The maximum Gasteiger partial charge on any atom is 0.373 e. The third-order valence-corrected chi connectivity index (χ3v) is 13.4. The number of nitrogens with zero attached hydrogens (tertiary/aromatic N) is 3. The summed E-state index contributed by atoms with van der Waals surface area (Å²) in [7, 11) is 0. The number of furan rings is 1. The Balaban J connectivity index is 0.000000285. The molecule has 5 heterocycles. The van der Waals surface area contributed by atoms with Gasteiger partial charge in [0.05, 0.1) is 24.4 Å². The van der Waals surface area contributed by atoms with Gasteiger partial charge >= 0.3 is 36.0 Å². The Bertz CT molecular complexity index is 3120. The summed E-state index contributed by atoms with van der Waals surface area (Å²) in [5.41, 5.74) is 13.9. The van der Waals surface area contributed by atoms with Crippen LogP contribution in [0.15, 0.2) is 158 Å². The minimum Gasteiger partial charge on any atom is -0.469 e. The minimum absolute atomic E-state index is 0.126. The van der Waals surface area contributed by atoms with Gasteiger partial charge in [-0.2, -0.15) is 38.2 Å². The summed E-state index contributed by atoms with van der Waals surface area (Å²) >= 11 is 9.24. The molecule has 8 rings (SSSR count). The van der Waals surface area contributed by atoms with Crippen LogP contribution in [-0.4, -0.2) is 77.1 Å². The smallest absolute Gasteiger partial charge is 0.373 e. The molecule has 0 saturated carbocycles. The molecule has 0 spiro atoms. The number of Topliss-reactive ketones (excluding diaryl/α,β-unsaturated/α-hetero) is 2. The van der Waals surface area contributed by atoms with Gasteiger partial charge < -0.3 is 23.4 Å². The van der Waals surface area contributed by atoms with Gasteiger partial charge in [0.1, 0.15) is 5.76 Å². The van der Waals surface area contributed by atoms with Crippen molar-refractivity contribution in [3.8, 4) is 0 Å². The third-order valence-electron chi connectivity index (χ3n) is 12.6. The predicted octanol–water partition coefficient (Wildman–Crippen LogP) is 12.4. The molecule has 0 fully saturated rings. The first-order valence-electron chi connectivity index (χ1n) is 26.3. The van der Waals surface area contributed by atoms with E-state index in [1.807, 2.05) is 43.3 Å². The van der Waals surface area contributed by atoms with E-state index in [0.717, 1.165) is 77.3 Å². The molecule has 4 aliphatic rings. The quantitative estimate of drug-likeness (QED) is 0.0715. The summed E-state index contributed by atoms with van der Waals surface area (Å²) in [4.78, 5) is 89.4. The summed E-state index contributed by atoms with van der Waals surface area (Å²) in [6.45, 7) is 14.0. The molecule has 3 aromatic carbocycles. The van der Waals surface area contributed by atoms with E-state index in [-0.39, 0.29) is 66.4 Å². The third kappa shape index (κ3) is 22.0. The van der Waals surface area contributed by atoms with Gasteiger partial charge in [-0.1, -0.05) is 89.9 Å². The van der Waals surface area contributed by atoms with Crippen molar-refractivity contribution in [2.24, 2.45) is 10.2 Å². The maximum atomic E-state index is 14.7. The molecule has 1 aromatic heterocycles. The molecule has 0 saturated heterocycles. The number of hydrogen-bond acceptors (Lipinski definition) is 19. The van der Waals surface area contributed by atoms with Crippen molar-refractivity contribution >= 4 is 80.4 Å². The highest BCUT2D eigenvalue weighted by atomic mass is 79.9. The first kappa shape index (κ1) is 69.8. The number of nitro benzene ring substituents is 1. The Morgan fingerprint density at radius 1 is 0.667 bits per heavy atom. The average molecular weight is 1250 g/mol. The van der Waals surface area contributed by atoms with E-state index in [1.54, 1.807) is 50.2 Å². The lowest BCUT2D eigenvalue weighted by Gasteiger charge is -2.32. The number of carbonyl (C=O) groups is 4. The SMILES string of the molecule is CCC1=CC(c2ccc(Cl)cc2)CC(C)=NN1.CCC1=CC(c2ccc([N+](=O)[O-])cc2)CC(C)=NN1.CCOC(=O)C1=CC(c2ccc(Br)cc2)CC(F)(C(C)=O)O1.CCOC(=O)C1=CC(c2ccco2)CC(F)(C(C)=O)O1.O=C=O.O=C=O. The van der Waals surface area contributed by atoms with Gasteiger partial charge in [0.25, 0.3) is 5.69 Å². The first-order valence-corrected chi connectivity index (χ1v) is 27.4. The van der Waals surface area contributed by atoms with Crippen molar-refractivity contribution in [3.05, 3.63) is 180 Å². The Kier molecular flexibility index (Phi) is 28.9. The van der Waals surface area contributed by atoms with Crippen molar-refractivity contribution < 1.29 is 75.4 Å². The van der Waals surface area contributed by atoms with Crippen molar-refractivity contribution in [1.82, 2.24) is 10.9 Å². The van der Waals surface area contributed by atoms with Crippen LogP contribution >= 0.6 is 27.5 Å². The summed E-state index contributed by atoms with van der Waals surface area (Å²) in [5, 5.41) is 20.1. The fourth-order valence-electron chi connectivity index (χ4n) is 8.33. The van der Waals surface area contributed by atoms with Gasteiger partial charge in [0.2, 0.25) is 23.1 Å². The minimum atomic E-state index is -2.55. The molecule has 0 amide bonds. The van der Waals surface area contributed by atoms with E-state index < -0.39 is 47.1 Å². The number of halogens is 4. The van der Waals surface area contributed by atoms with Crippen molar-refractivity contribution in [1.29, 1.82) is 0 Å². The Hall–Kier alpha value is -8.49. The largest absolute Gasteiger partial charge is 0.469 e. The number of allylic oxidation sites excluding steroid dienone is 6. The number of ketones is 2. The van der Waals surface area contributed by atoms with Gasteiger partial charge in [-0.05, 0) is 119 Å². The molecule has 4 aromatic rings. The van der Waals surface area contributed by atoms with Crippen molar-refractivity contribution in [3.63, 3.8) is 0 Å². The molecule has 2 N–H and O–H groups in total. The number of benzene rings is 3. The van der Waals surface area contributed by atoms with E-state index in [9.17, 15) is 38.1 Å². The molecule has 6 unspecified atom stereocenters. The normalized spacial score (nSPS) is 21.0.